The molecule has 1 aliphatic rings. The van der Waals surface area contributed by atoms with Gasteiger partial charge in [-0.15, -0.1) is 0 Å². The second-order valence-corrected chi connectivity index (χ2v) is 6.23. The molecule has 0 radical (unpaired) electrons. The Bertz CT molecular complexity index is 700. The Morgan fingerprint density at radius 1 is 1.04 bits per heavy atom. The van der Waals surface area contributed by atoms with Crippen molar-refractivity contribution in [3.05, 3.63) is 54.4 Å². The number of amides is 1. The number of piperazine rings is 1. The van der Waals surface area contributed by atoms with Gasteiger partial charge in [0, 0.05) is 38.9 Å². The molecule has 1 aromatic heterocycles. The minimum absolute atomic E-state index is 0.136. The summed E-state index contributed by atoms with van der Waals surface area (Å²) >= 11 is 0. The molecule has 26 heavy (non-hydrogen) atoms. The third kappa shape index (κ3) is 4.95. The molecule has 1 amide bonds. The maximum Gasteiger partial charge on any atom is 0.226 e. The molecular formula is C20H25N3O3. The van der Waals surface area contributed by atoms with Gasteiger partial charge in [-0.1, -0.05) is 18.2 Å². The monoisotopic (exact) mass is 355 g/mol. The van der Waals surface area contributed by atoms with Crippen LogP contribution in [0.1, 0.15) is 12.1 Å². The van der Waals surface area contributed by atoms with Crippen LogP contribution in [0.3, 0.4) is 0 Å². The Morgan fingerprint density at radius 3 is 2.46 bits per heavy atom. The van der Waals surface area contributed by atoms with Crippen LogP contribution in [-0.4, -0.2) is 60.6 Å². The molecular weight excluding hydrogens is 330 g/mol. The van der Waals surface area contributed by atoms with Gasteiger partial charge in [0.2, 0.25) is 5.91 Å². The lowest BCUT2D eigenvalue weighted by molar-refractivity contribution is -0.133. The summed E-state index contributed by atoms with van der Waals surface area (Å²) < 4.78 is 10.9. The zero-order valence-electron chi connectivity index (χ0n) is 15.1. The molecule has 2 heterocycles. The van der Waals surface area contributed by atoms with E-state index in [1.807, 2.05) is 53.6 Å². The summed E-state index contributed by atoms with van der Waals surface area (Å²) in [5.74, 6) is 1.49. The van der Waals surface area contributed by atoms with Gasteiger partial charge in [0.05, 0.1) is 25.8 Å². The molecule has 0 unspecified atom stereocenters. The van der Waals surface area contributed by atoms with Crippen LogP contribution in [0.2, 0.25) is 0 Å². The number of carbonyl (C=O) groups excluding carboxylic acids is 1. The Morgan fingerprint density at radius 2 is 1.77 bits per heavy atom. The van der Waals surface area contributed by atoms with E-state index in [-0.39, 0.29) is 5.91 Å². The van der Waals surface area contributed by atoms with Crippen LogP contribution < -0.4 is 9.47 Å². The Hall–Kier alpha value is -2.60. The summed E-state index contributed by atoms with van der Waals surface area (Å²) in [6.45, 7) is 4.43. The van der Waals surface area contributed by atoms with Gasteiger partial charge in [-0.2, -0.15) is 0 Å². The number of para-hydroxylation sites is 2. The van der Waals surface area contributed by atoms with Crippen molar-refractivity contribution in [1.29, 1.82) is 0 Å². The first-order valence-electron chi connectivity index (χ1n) is 8.92. The van der Waals surface area contributed by atoms with Crippen molar-refractivity contribution in [1.82, 2.24) is 14.8 Å². The zero-order valence-corrected chi connectivity index (χ0v) is 15.1. The van der Waals surface area contributed by atoms with Crippen molar-refractivity contribution < 1.29 is 14.3 Å². The number of nitrogens with zero attached hydrogens (tertiary/aromatic N) is 3. The molecule has 0 N–H and O–H groups in total. The number of ether oxygens (including phenoxy) is 2. The summed E-state index contributed by atoms with van der Waals surface area (Å²) in [4.78, 5) is 21.0. The first-order chi connectivity index (χ1) is 12.8. The fraction of sp³-hybridized carbons (Fsp3) is 0.400. The molecule has 138 valence electrons. The lowest BCUT2D eigenvalue weighted by atomic mass is 10.2. The second-order valence-electron chi connectivity index (χ2n) is 6.23. The van der Waals surface area contributed by atoms with Crippen LogP contribution in [0.4, 0.5) is 0 Å². The van der Waals surface area contributed by atoms with E-state index >= 15 is 0 Å². The molecule has 0 atom stereocenters. The topological polar surface area (TPSA) is 54.9 Å². The normalized spacial score (nSPS) is 14.9. The summed E-state index contributed by atoms with van der Waals surface area (Å²) in [6.07, 6.45) is 2.19. The van der Waals surface area contributed by atoms with Crippen LogP contribution in [0.15, 0.2) is 48.7 Å². The predicted molar refractivity (Wildman–Crippen MR) is 99.2 cm³/mol. The number of carbonyl (C=O) groups is 1. The van der Waals surface area contributed by atoms with E-state index in [1.165, 1.54) is 0 Å². The number of hydrogen-bond donors (Lipinski definition) is 0. The SMILES string of the molecule is COc1ccccc1OCCC(=O)N1CCN(Cc2ccccn2)CC1. The summed E-state index contributed by atoms with van der Waals surface area (Å²) in [5, 5.41) is 0. The van der Waals surface area contributed by atoms with Crippen LogP contribution in [0.25, 0.3) is 0 Å². The van der Waals surface area contributed by atoms with Gasteiger partial charge in [-0.3, -0.25) is 14.7 Å². The third-order valence-corrected chi connectivity index (χ3v) is 4.48. The molecule has 1 aromatic carbocycles. The molecule has 0 bridgehead atoms. The van der Waals surface area contributed by atoms with E-state index in [0.717, 1.165) is 38.4 Å². The maximum absolute atomic E-state index is 12.4. The highest BCUT2D eigenvalue weighted by atomic mass is 16.5. The minimum Gasteiger partial charge on any atom is -0.493 e. The molecule has 6 nitrogen and oxygen atoms in total. The molecule has 6 heteroatoms. The zero-order chi connectivity index (χ0) is 18.2. The van der Waals surface area contributed by atoms with Gasteiger partial charge in [0.25, 0.3) is 0 Å². The molecule has 0 spiro atoms. The molecule has 3 rings (SSSR count). The van der Waals surface area contributed by atoms with Crippen LogP contribution in [0, 0.1) is 0 Å². The van der Waals surface area contributed by atoms with E-state index < -0.39 is 0 Å². The average Bonchev–Trinajstić information content (AvgIpc) is 2.69. The quantitative estimate of drug-likeness (QED) is 0.762. The number of rotatable bonds is 7. The standard InChI is InChI=1S/C20H25N3O3/c1-25-18-7-2-3-8-19(18)26-15-9-20(24)23-13-11-22(12-14-23)16-17-6-4-5-10-21-17/h2-8,10H,9,11-16H2,1H3. The summed E-state index contributed by atoms with van der Waals surface area (Å²) in [5.41, 5.74) is 1.07. The molecule has 1 aliphatic heterocycles. The van der Waals surface area contributed by atoms with Crippen molar-refractivity contribution in [3.8, 4) is 11.5 Å². The predicted octanol–water partition coefficient (Wildman–Crippen LogP) is 2.20. The maximum atomic E-state index is 12.4. The Labute approximate surface area is 154 Å². The number of aromatic nitrogens is 1. The first-order valence-corrected chi connectivity index (χ1v) is 8.92. The fourth-order valence-electron chi connectivity index (χ4n) is 3.02. The minimum atomic E-state index is 0.136. The average molecular weight is 355 g/mol. The van der Waals surface area contributed by atoms with E-state index in [9.17, 15) is 4.79 Å². The van der Waals surface area contributed by atoms with Crippen molar-refractivity contribution in [2.75, 3.05) is 39.9 Å². The van der Waals surface area contributed by atoms with Crippen molar-refractivity contribution in [2.45, 2.75) is 13.0 Å². The van der Waals surface area contributed by atoms with Crippen molar-refractivity contribution in [2.24, 2.45) is 0 Å². The lowest BCUT2D eigenvalue weighted by Gasteiger charge is -2.34. The van der Waals surface area contributed by atoms with E-state index in [4.69, 9.17) is 9.47 Å². The highest BCUT2D eigenvalue weighted by Crippen LogP contribution is 2.25. The first kappa shape index (κ1) is 18.2. The Balaban J connectivity index is 1.39. The van der Waals surface area contributed by atoms with Crippen LogP contribution >= 0.6 is 0 Å². The fourth-order valence-corrected chi connectivity index (χ4v) is 3.02. The van der Waals surface area contributed by atoms with Gasteiger partial charge in [-0.25, -0.2) is 0 Å². The number of benzene rings is 1. The largest absolute Gasteiger partial charge is 0.493 e. The lowest BCUT2D eigenvalue weighted by Crippen LogP contribution is -2.48. The summed E-state index contributed by atoms with van der Waals surface area (Å²) in [7, 11) is 1.61. The van der Waals surface area contributed by atoms with Crippen molar-refractivity contribution >= 4 is 5.91 Å². The highest BCUT2D eigenvalue weighted by molar-refractivity contribution is 5.76. The smallest absolute Gasteiger partial charge is 0.226 e. The third-order valence-electron chi connectivity index (χ3n) is 4.48. The summed E-state index contributed by atoms with van der Waals surface area (Å²) in [6, 6.07) is 13.4. The molecule has 1 fully saturated rings. The van der Waals surface area contributed by atoms with Gasteiger partial charge >= 0.3 is 0 Å². The highest BCUT2D eigenvalue weighted by Gasteiger charge is 2.21. The molecule has 2 aromatic rings. The number of pyridine rings is 1. The molecule has 0 saturated carbocycles. The Kier molecular flexibility index (Phi) is 6.44. The van der Waals surface area contributed by atoms with Crippen molar-refractivity contribution in [3.63, 3.8) is 0 Å². The van der Waals surface area contributed by atoms with Gasteiger partial charge in [0.15, 0.2) is 11.5 Å². The van der Waals surface area contributed by atoms with Gasteiger partial charge in [-0.05, 0) is 24.3 Å². The second kappa shape index (κ2) is 9.20. The molecule has 1 saturated heterocycles. The van der Waals surface area contributed by atoms with Gasteiger partial charge in [0.1, 0.15) is 0 Å². The number of hydrogen-bond acceptors (Lipinski definition) is 5. The number of methoxy groups -OCH3 is 1. The van der Waals surface area contributed by atoms with E-state index in [1.54, 1.807) is 7.11 Å². The van der Waals surface area contributed by atoms with E-state index in [2.05, 4.69) is 9.88 Å². The molecule has 0 aliphatic carbocycles. The van der Waals surface area contributed by atoms with E-state index in [0.29, 0.717) is 24.5 Å². The van der Waals surface area contributed by atoms with Crippen LogP contribution in [0.5, 0.6) is 11.5 Å². The van der Waals surface area contributed by atoms with Crippen LogP contribution in [-0.2, 0) is 11.3 Å². The van der Waals surface area contributed by atoms with Gasteiger partial charge < -0.3 is 14.4 Å².